The smallest absolute Gasteiger partial charge is 0.338 e. The first-order chi connectivity index (χ1) is 8.08. The number of halogens is 2. The molecule has 0 heterocycles. The van der Waals surface area contributed by atoms with E-state index in [-0.39, 0.29) is 11.8 Å². The lowest BCUT2D eigenvalue weighted by Crippen LogP contribution is -2.12. The fraction of sp³-hybridized carbons (Fsp3) is 0.273. The first-order valence-corrected chi connectivity index (χ1v) is 6.27. The number of esters is 1. The second-order valence-corrected chi connectivity index (χ2v) is 4.25. The third-order valence-electron chi connectivity index (χ3n) is 1.86. The van der Waals surface area contributed by atoms with Crippen LogP contribution in [0.15, 0.2) is 27.7 Å². The van der Waals surface area contributed by atoms with Gasteiger partial charge in [0.05, 0.1) is 23.7 Å². The Balaban J connectivity index is 2.98. The third kappa shape index (κ3) is 4.02. The highest BCUT2D eigenvalue weighted by Crippen LogP contribution is 2.26. The summed E-state index contributed by atoms with van der Waals surface area (Å²) in [6, 6.07) is 4.94. The van der Waals surface area contributed by atoms with Gasteiger partial charge in [-0.1, -0.05) is 0 Å². The van der Waals surface area contributed by atoms with Gasteiger partial charge in [0, 0.05) is 4.47 Å². The van der Waals surface area contributed by atoms with Crippen LogP contribution in [0.25, 0.3) is 0 Å². The Bertz CT molecular complexity index is 449. The van der Waals surface area contributed by atoms with Crippen molar-refractivity contribution in [3.05, 3.63) is 28.2 Å². The molecule has 0 fully saturated rings. The predicted molar refractivity (Wildman–Crippen MR) is 72.1 cm³/mol. The Labute approximate surface area is 113 Å². The minimum atomic E-state index is -0.367. The van der Waals surface area contributed by atoms with E-state index in [1.165, 1.54) is 0 Å². The number of ether oxygens (including phenoxy) is 1. The number of amidine groups is 1. The summed E-state index contributed by atoms with van der Waals surface area (Å²) in [5, 5.41) is 0. The van der Waals surface area contributed by atoms with Gasteiger partial charge < -0.3 is 10.5 Å². The number of benzene rings is 1. The molecule has 0 aromatic heterocycles. The minimum Gasteiger partial charge on any atom is -0.462 e. The molecule has 0 unspecified atom stereocenters. The average molecular weight is 320 g/mol. The molecule has 0 aliphatic carbocycles. The van der Waals surface area contributed by atoms with Gasteiger partial charge in [-0.15, -0.1) is 11.6 Å². The van der Waals surface area contributed by atoms with E-state index in [0.29, 0.717) is 28.2 Å². The summed E-state index contributed by atoms with van der Waals surface area (Å²) in [7, 11) is 0. The van der Waals surface area contributed by atoms with E-state index in [1.54, 1.807) is 25.1 Å². The van der Waals surface area contributed by atoms with Crippen LogP contribution in [0.3, 0.4) is 0 Å². The van der Waals surface area contributed by atoms with Crippen molar-refractivity contribution in [1.29, 1.82) is 0 Å². The van der Waals surface area contributed by atoms with Gasteiger partial charge in [-0.2, -0.15) is 0 Å². The normalized spacial score (nSPS) is 11.4. The molecule has 17 heavy (non-hydrogen) atoms. The summed E-state index contributed by atoms with van der Waals surface area (Å²) in [5.74, 6) is 0.108. The number of carbonyl (C=O) groups excluding carboxylic acids is 1. The molecule has 6 heteroatoms. The Hall–Kier alpha value is -1.07. The standard InChI is InChI=1S/C11H12BrClN2O2/c1-2-17-11(16)7-3-4-9(8(12)5-7)15-10(14)6-13/h3-5H,2,6H2,1H3,(H2,14,15). The largest absolute Gasteiger partial charge is 0.462 e. The summed E-state index contributed by atoms with van der Waals surface area (Å²) < 4.78 is 5.55. The number of aliphatic imine (C=N–C) groups is 1. The number of nitrogens with two attached hydrogens (primary N) is 1. The van der Waals surface area contributed by atoms with Crippen molar-refractivity contribution in [2.75, 3.05) is 12.5 Å². The van der Waals surface area contributed by atoms with Crippen LogP contribution in [-0.2, 0) is 4.74 Å². The Morgan fingerprint density at radius 2 is 2.29 bits per heavy atom. The van der Waals surface area contributed by atoms with E-state index in [9.17, 15) is 4.79 Å². The summed E-state index contributed by atoms with van der Waals surface area (Å²) in [5.41, 5.74) is 6.61. The highest BCUT2D eigenvalue weighted by molar-refractivity contribution is 9.10. The molecule has 0 spiro atoms. The molecule has 0 aliphatic rings. The number of alkyl halides is 1. The molecule has 0 radical (unpaired) electrons. The van der Waals surface area contributed by atoms with Gasteiger partial charge in [0.1, 0.15) is 5.84 Å². The highest BCUT2D eigenvalue weighted by atomic mass is 79.9. The van der Waals surface area contributed by atoms with Gasteiger partial charge in [-0.25, -0.2) is 9.79 Å². The van der Waals surface area contributed by atoms with Crippen molar-refractivity contribution in [3.63, 3.8) is 0 Å². The molecule has 92 valence electrons. The minimum absolute atomic E-state index is 0.159. The molecule has 0 bridgehead atoms. The number of hydrogen-bond donors (Lipinski definition) is 1. The van der Waals surface area contributed by atoms with Crippen molar-refractivity contribution in [2.24, 2.45) is 10.7 Å². The SMILES string of the molecule is CCOC(=O)c1ccc(N=C(N)CCl)c(Br)c1. The van der Waals surface area contributed by atoms with Gasteiger partial charge in [0.2, 0.25) is 0 Å². The molecular formula is C11H12BrClN2O2. The quantitative estimate of drug-likeness (QED) is 0.402. The number of nitrogens with zero attached hydrogens (tertiary/aromatic N) is 1. The second kappa shape index (κ2) is 6.61. The van der Waals surface area contributed by atoms with Gasteiger partial charge in [0.15, 0.2) is 0 Å². The molecular weight excluding hydrogens is 307 g/mol. The maximum Gasteiger partial charge on any atom is 0.338 e. The highest BCUT2D eigenvalue weighted by Gasteiger charge is 2.08. The fourth-order valence-corrected chi connectivity index (χ4v) is 1.65. The lowest BCUT2D eigenvalue weighted by atomic mass is 10.2. The van der Waals surface area contributed by atoms with Gasteiger partial charge in [-0.3, -0.25) is 0 Å². The van der Waals surface area contributed by atoms with Crippen LogP contribution in [0.2, 0.25) is 0 Å². The lowest BCUT2D eigenvalue weighted by molar-refractivity contribution is 0.0526. The van der Waals surface area contributed by atoms with Crippen molar-refractivity contribution in [3.8, 4) is 0 Å². The molecule has 2 N–H and O–H groups in total. The van der Waals surface area contributed by atoms with E-state index in [1.807, 2.05) is 0 Å². The topological polar surface area (TPSA) is 64.7 Å². The van der Waals surface area contributed by atoms with Crippen molar-refractivity contribution in [2.45, 2.75) is 6.92 Å². The van der Waals surface area contributed by atoms with Crippen LogP contribution >= 0.6 is 27.5 Å². The molecule has 0 saturated carbocycles. The molecule has 4 nitrogen and oxygen atoms in total. The first kappa shape index (κ1) is 14.0. The molecule has 0 aliphatic heterocycles. The van der Waals surface area contributed by atoms with E-state index in [2.05, 4.69) is 20.9 Å². The van der Waals surface area contributed by atoms with E-state index >= 15 is 0 Å². The Morgan fingerprint density at radius 1 is 1.59 bits per heavy atom. The van der Waals surface area contributed by atoms with Crippen molar-refractivity contribution < 1.29 is 9.53 Å². The summed E-state index contributed by atoms with van der Waals surface area (Å²) in [6.45, 7) is 2.10. The third-order valence-corrected chi connectivity index (χ3v) is 2.77. The van der Waals surface area contributed by atoms with Gasteiger partial charge in [-0.05, 0) is 41.1 Å². The maximum atomic E-state index is 11.5. The number of rotatable bonds is 4. The Morgan fingerprint density at radius 3 is 2.82 bits per heavy atom. The van der Waals surface area contributed by atoms with Crippen LogP contribution in [0.1, 0.15) is 17.3 Å². The summed E-state index contributed by atoms with van der Waals surface area (Å²) in [4.78, 5) is 15.5. The maximum absolute atomic E-state index is 11.5. The molecule has 1 rings (SSSR count). The van der Waals surface area contributed by atoms with E-state index in [4.69, 9.17) is 22.1 Å². The summed E-state index contributed by atoms with van der Waals surface area (Å²) in [6.07, 6.45) is 0. The van der Waals surface area contributed by atoms with Crippen molar-refractivity contribution >= 4 is 45.0 Å². The zero-order valence-electron chi connectivity index (χ0n) is 9.24. The van der Waals surface area contributed by atoms with E-state index < -0.39 is 0 Å². The van der Waals surface area contributed by atoms with Crippen LogP contribution in [0.5, 0.6) is 0 Å². The van der Waals surface area contributed by atoms with Gasteiger partial charge in [0.25, 0.3) is 0 Å². The Kier molecular flexibility index (Phi) is 5.44. The number of carbonyl (C=O) groups is 1. The lowest BCUT2D eigenvalue weighted by Gasteiger charge is -2.04. The molecule has 0 saturated heterocycles. The monoisotopic (exact) mass is 318 g/mol. The fourth-order valence-electron chi connectivity index (χ4n) is 1.12. The van der Waals surface area contributed by atoms with Crippen LogP contribution in [0.4, 0.5) is 5.69 Å². The van der Waals surface area contributed by atoms with E-state index in [0.717, 1.165) is 0 Å². The molecule has 1 aromatic rings. The molecule has 0 amide bonds. The molecule has 1 aromatic carbocycles. The van der Waals surface area contributed by atoms with Crippen LogP contribution < -0.4 is 5.73 Å². The average Bonchev–Trinajstić information content (AvgIpc) is 2.31. The first-order valence-electron chi connectivity index (χ1n) is 4.94. The van der Waals surface area contributed by atoms with Crippen molar-refractivity contribution in [1.82, 2.24) is 0 Å². The molecule has 0 atom stereocenters. The second-order valence-electron chi connectivity index (χ2n) is 3.12. The summed E-state index contributed by atoms with van der Waals surface area (Å²) >= 11 is 8.84. The van der Waals surface area contributed by atoms with Crippen LogP contribution in [0, 0.1) is 0 Å². The predicted octanol–water partition coefficient (Wildman–Crippen LogP) is 2.85. The number of hydrogen-bond acceptors (Lipinski definition) is 3. The van der Waals surface area contributed by atoms with Crippen LogP contribution in [-0.4, -0.2) is 24.3 Å². The zero-order chi connectivity index (χ0) is 12.8. The zero-order valence-corrected chi connectivity index (χ0v) is 11.6. The van der Waals surface area contributed by atoms with Gasteiger partial charge >= 0.3 is 5.97 Å².